The van der Waals surface area contributed by atoms with Crippen LogP contribution in [0.3, 0.4) is 0 Å². The van der Waals surface area contributed by atoms with Crippen molar-refractivity contribution >= 4 is 11.8 Å². The molecule has 7 heteroatoms. The van der Waals surface area contributed by atoms with Gasteiger partial charge in [-0.2, -0.15) is 5.10 Å². The predicted octanol–water partition coefficient (Wildman–Crippen LogP) is -0.305. The number of morpholine rings is 1. The van der Waals surface area contributed by atoms with Gasteiger partial charge in [-0.05, 0) is 20.3 Å². The molecule has 3 rings (SSSR count). The summed E-state index contributed by atoms with van der Waals surface area (Å²) in [6, 6.07) is -0.0879. The Morgan fingerprint density at radius 3 is 2.91 bits per heavy atom. The van der Waals surface area contributed by atoms with Gasteiger partial charge in [-0.25, -0.2) is 0 Å². The molecule has 3 heterocycles. The van der Waals surface area contributed by atoms with Crippen molar-refractivity contribution in [3.8, 4) is 0 Å². The van der Waals surface area contributed by atoms with Gasteiger partial charge in [-0.1, -0.05) is 0 Å². The van der Waals surface area contributed by atoms with Crippen molar-refractivity contribution in [2.75, 3.05) is 19.7 Å². The topological polar surface area (TPSA) is 76.5 Å². The quantitative estimate of drug-likeness (QED) is 0.813. The van der Waals surface area contributed by atoms with Gasteiger partial charge in [0.25, 0.3) is 0 Å². The van der Waals surface area contributed by atoms with Crippen LogP contribution < -0.4 is 5.32 Å². The monoisotopic (exact) mass is 306 g/mol. The van der Waals surface area contributed by atoms with E-state index in [-0.39, 0.29) is 30.6 Å². The molecule has 7 nitrogen and oxygen atoms in total. The van der Waals surface area contributed by atoms with Gasteiger partial charge >= 0.3 is 0 Å². The Labute approximate surface area is 129 Å². The predicted molar refractivity (Wildman–Crippen MR) is 79.3 cm³/mol. The fraction of sp³-hybridized carbons (Fsp3) is 0.667. The zero-order chi connectivity index (χ0) is 15.9. The van der Waals surface area contributed by atoms with Gasteiger partial charge < -0.3 is 15.0 Å². The third-order valence-electron chi connectivity index (χ3n) is 4.66. The van der Waals surface area contributed by atoms with Crippen molar-refractivity contribution in [3.63, 3.8) is 0 Å². The number of aryl methyl sites for hydroxylation is 2. The van der Waals surface area contributed by atoms with Gasteiger partial charge in [0, 0.05) is 31.4 Å². The summed E-state index contributed by atoms with van der Waals surface area (Å²) in [5.41, 5.74) is 2.92. The number of fused-ring (bicyclic) bond motifs is 1. The summed E-state index contributed by atoms with van der Waals surface area (Å²) in [4.78, 5) is 25.8. The van der Waals surface area contributed by atoms with Crippen LogP contribution in [0.1, 0.15) is 23.4 Å². The van der Waals surface area contributed by atoms with E-state index in [1.807, 2.05) is 25.8 Å². The molecule has 0 bridgehead atoms. The molecule has 0 unspecified atom stereocenters. The molecule has 1 aromatic rings. The molecule has 2 atom stereocenters. The molecule has 2 saturated heterocycles. The Morgan fingerprint density at radius 1 is 1.45 bits per heavy atom. The molecule has 0 saturated carbocycles. The molecule has 2 fully saturated rings. The average molecular weight is 306 g/mol. The van der Waals surface area contributed by atoms with E-state index < -0.39 is 0 Å². The number of hydrogen-bond acceptors (Lipinski definition) is 4. The third-order valence-corrected chi connectivity index (χ3v) is 4.66. The molecule has 1 N–H and O–H groups in total. The summed E-state index contributed by atoms with van der Waals surface area (Å²) in [5, 5.41) is 7.27. The molecule has 120 valence electrons. The number of nitrogens with zero attached hydrogens (tertiary/aromatic N) is 3. The van der Waals surface area contributed by atoms with Crippen LogP contribution in [0, 0.1) is 13.8 Å². The zero-order valence-corrected chi connectivity index (χ0v) is 13.3. The molecule has 0 aromatic carbocycles. The Kier molecular flexibility index (Phi) is 3.90. The van der Waals surface area contributed by atoms with Gasteiger partial charge in [0.2, 0.25) is 11.8 Å². The molecule has 0 radical (unpaired) electrons. The summed E-state index contributed by atoms with van der Waals surface area (Å²) in [7, 11) is 1.89. The molecule has 0 spiro atoms. The Hall–Kier alpha value is -1.89. The van der Waals surface area contributed by atoms with Gasteiger partial charge in [0.1, 0.15) is 6.61 Å². The van der Waals surface area contributed by atoms with Crippen LogP contribution in [0.15, 0.2) is 0 Å². The number of aromatic nitrogens is 2. The molecule has 2 amide bonds. The minimum Gasteiger partial charge on any atom is -0.366 e. The van der Waals surface area contributed by atoms with Crippen molar-refractivity contribution in [1.29, 1.82) is 0 Å². The number of carbonyl (C=O) groups excluding carboxylic acids is 2. The van der Waals surface area contributed by atoms with E-state index in [0.717, 1.165) is 23.4 Å². The first-order chi connectivity index (χ1) is 10.5. The maximum absolute atomic E-state index is 12.6. The number of ether oxygens (including phenoxy) is 1. The highest BCUT2D eigenvalue weighted by Gasteiger charge is 2.36. The third kappa shape index (κ3) is 2.72. The fourth-order valence-corrected chi connectivity index (χ4v) is 3.26. The summed E-state index contributed by atoms with van der Waals surface area (Å²) < 4.78 is 7.32. The van der Waals surface area contributed by atoms with Crippen LogP contribution in [0.25, 0.3) is 0 Å². The van der Waals surface area contributed by atoms with Crippen LogP contribution in [0.4, 0.5) is 0 Å². The normalized spacial score (nSPS) is 24.9. The number of piperidine rings is 1. The molecular weight excluding hydrogens is 284 g/mol. The van der Waals surface area contributed by atoms with Crippen LogP contribution in [-0.2, 0) is 27.8 Å². The number of nitrogens with one attached hydrogen (secondary N) is 1. The van der Waals surface area contributed by atoms with Crippen molar-refractivity contribution in [2.24, 2.45) is 7.05 Å². The number of likely N-dealkylation sites (tertiary alicyclic amines) is 1. The molecule has 2 aliphatic rings. The lowest BCUT2D eigenvalue weighted by atomic mass is 9.99. The molecular formula is C15H22N4O3. The first-order valence-corrected chi connectivity index (χ1v) is 7.63. The largest absolute Gasteiger partial charge is 0.366 e. The maximum Gasteiger partial charge on any atom is 0.246 e. The van der Waals surface area contributed by atoms with Crippen molar-refractivity contribution in [3.05, 3.63) is 17.0 Å². The average Bonchev–Trinajstić information content (AvgIpc) is 2.72. The SMILES string of the molecule is Cc1nn(C)c(C)c1CC(=O)N1CC[C@H]2OCC(=O)N[C@H]2C1. The lowest BCUT2D eigenvalue weighted by molar-refractivity contribution is -0.146. The first-order valence-electron chi connectivity index (χ1n) is 7.63. The summed E-state index contributed by atoms with van der Waals surface area (Å²) >= 11 is 0. The summed E-state index contributed by atoms with van der Waals surface area (Å²) in [6.07, 6.45) is 1.16. The Bertz CT molecular complexity index is 610. The molecule has 22 heavy (non-hydrogen) atoms. The molecule has 1 aromatic heterocycles. The van der Waals surface area contributed by atoms with Gasteiger partial charge in [-0.3, -0.25) is 14.3 Å². The second kappa shape index (κ2) is 5.72. The fourth-order valence-electron chi connectivity index (χ4n) is 3.26. The van der Waals surface area contributed by atoms with E-state index >= 15 is 0 Å². The number of hydrogen-bond donors (Lipinski definition) is 1. The highest BCUT2D eigenvalue weighted by Crippen LogP contribution is 2.20. The Balaban J connectivity index is 1.67. The number of carbonyl (C=O) groups is 2. The maximum atomic E-state index is 12.6. The van der Waals surface area contributed by atoms with E-state index in [1.54, 1.807) is 4.68 Å². The summed E-state index contributed by atoms with van der Waals surface area (Å²) in [6.45, 7) is 5.23. The van der Waals surface area contributed by atoms with E-state index in [0.29, 0.717) is 19.5 Å². The van der Waals surface area contributed by atoms with E-state index in [9.17, 15) is 9.59 Å². The second-order valence-corrected chi connectivity index (χ2v) is 6.10. The highest BCUT2D eigenvalue weighted by atomic mass is 16.5. The molecule has 0 aliphatic carbocycles. The van der Waals surface area contributed by atoms with Crippen LogP contribution in [0.5, 0.6) is 0 Å². The second-order valence-electron chi connectivity index (χ2n) is 6.10. The summed E-state index contributed by atoms with van der Waals surface area (Å²) in [5.74, 6) is -0.0213. The smallest absolute Gasteiger partial charge is 0.246 e. The Morgan fingerprint density at radius 2 is 2.23 bits per heavy atom. The lowest BCUT2D eigenvalue weighted by Crippen LogP contribution is -2.61. The van der Waals surface area contributed by atoms with Crippen molar-refractivity contribution < 1.29 is 14.3 Å². The van der Waals surface area contributed by atoms with E-state index in [2.05, 4.69) is 10.4 Å². The first kappa shape index (κ1) is 15.0. The lowest BCUT2D eigenvalue weighted by Gasteiger charge is -2.41. The van der Waals surface area contributed by atoms with Gasteiger partial charge in [0.15, 0.2) is 0 Å². The van der Waals surface area contributed by atoms with Crippen LogP contribution in [-0.4, -0.2) is 58.3 Å². The van der Waals surface area contributed by atoms with Crippen LogP contribution in [0.2, 0.25) is 0 Å². The van der Waals surface area contributed by atoms with Crippen LogP contribution >= 0.6 is 0 Å². The van der Waals surface area contributed by atoms with E-state index in [4.69, 9.17) is 4.74 Å². The van der Waals surface area contributed by atoms with E-state index in [1.165, 1.54) is 0 Å². The zero-order valence-electron chi connectivity index (χ0n) is 13.3. The van der Waals surface area contributed by atoms with Gasteiger partial charge in [-0.15, -0.1) is 0 Å². The van der Waals surface area contributed by atoms with Gasteiger partial charge in [0.05, 0.1) is 24.3 Å². The standard InChI is InChI=1S/C15H22N4O3/c1-9-11(10(2)18(3)17-9)6-15(21)19-5-4-13-12(7-19)16-14(20)8-22-13/h12-13H,4-8H2,1-3H3,(H,16,20)/t12-,13+/m0/s1. The molecule has 2 aliphatic heterocycles. The number of amides is 2. The highest BCUT2D eigenvalue weighted by molar-refractivity contribution is 5.80. The van der Waals surface area contributed by atoms with Crippen molar-refractivity contribution in [2.45, 2.75) is 38.8 Å². The van der Waals surface area contributed by atoms with Crippen molar-refractivity contribution in [1.82, 2.24) is 20.0 Å². The number of rotatable bonds is 2. The minimum absolute atomic E-state index is 0.0311. The minimum atomic E-state index is -0.102.